The summed E-state index contributed by atoms with van der Waals surface area (Å²) in [6.45, 7) is 0.980. The number of β-amino-alcohol motifs (C(OH)–C–C–N with tert-alkyl or cyclic N) is 1. The van der Waals surface area contributed by atoms with Crippen LogP contribution in [-0.4, -0.2) is 66.3 Å². The molecule has 0 radical (unpaired) electrons. The van der Waals surface area contributed by atoms with Crippen LogP contribution in [0.5, 0.6) is 0 Å². The number of alkyl halides is 3. The van der Waals surface area contributed by atoms with Gasteiger partial charge in [0.25, 0.3) is 0 Å². The number of hydrogen-bond donors (Lipinski definition) is 1. The van der Waals surface area contributed by atoms with Gasteiger partial charge in [-0.1, -0.05) is 18.2 Å². The Hall–Kier alpha value is -2.29. The minimum Gasteiger partial charge on any atom is -0.469 e. The van der Waals surface area contributed by atoms with Crippen LogP contribution in [0.3, 0.4) is 0 Å². The first-order valence-electron chi connectivity index (χ1n) is 9.16. The lowest BCUT2D eigenvalue weighted by atomic mass is 9.84. The zero-order chi connectivity index (χ0) is 20.5. The van der Waals surface area contributed by atoms with E-state index in [4.69, 9.17) is 4.74 Å². The summed E-state index contributed by atoms with van der Waals surface area (Å²) in [5.41, 5.74) is -0.326. The molecule has 6 nitrogen and oxygen atoms in total. The molecule has 2 fully saturated rings. The highest BCUT2D eigenvalue weighted by atomic mass is 19.4. The molecule has 2 aliphatic rings. The lowest BCUT2D eigenvalue weighted by Crippen LogP contribution is -2.50. The van der Waals surface area contributed by atoms with E-state index in [2.05, 4.69) is 0 Å². The van der Waals surface area contributed by atoms with Crippen LogP contribution in [0.15, 0.2) is 24.3 Å². The molecule has 2 saturated heterocycles. The van der Waals surface area contributed by atoms with Gasteiger partial charge >= 0.3 is 18.2 Å². The third-order valence-corrected chi connectivity index (χ3v) is 5.37. The molecule has 0 bridgehead atoms. The molecule has 9 heteroatoms. The number of carbonyl (C=O) groups is 2. The van der Waals surface area contributed by atoms with E-state index in [0.29, 0.717) is 24.9 Å². The predicted octanol–water partition coefficient (Wildman–Crippen LogP) is 2.47. The number of carbonyl (C=O) groups excluding carboxylic acids is 2. The van der Waals surface area contributed by atoms with Gasteiger partial charge in [0.1, 0.15) is 0 Å². The molecule has 2 amide bonds. The van der Waals surface area contributed by atoms with E-state index >= 15 is 0 Å². The number of benzene rings is 1. The number of aliphatic hydroxyl groups is 1. The fraction of sp³-hybridized carbons (Fsp3) is 0.579. The van der Waals surface area contributed by atoms with E-state index < -0.39 is 35.6 Å². The smallest absolute Gasteiger partial charge is 0.416 e. The summed E-state index contributed by atoms with van der Waals surface area (Å²) in [7, 11) is 1.25. The number of methoxy groups -OCH3 is 1. The van der Waals surface area contributed by atoms with Crippen LogP contribution in [0.1, 0.15) is 29.9 Å². The second-order valence-electron chi connectivity index (χ2n) is 7.35. The number of rotatable bonds is 2. The first-order chi connectivity index (χ1) is 13.2. The Morgan fingerprint density at radius 2 is 1.93 bits per heavy atom. The van der Waals surface area contributed by atoms with Crippen molar-refractivity contribution in [3.63, 3.8) is 0 Å². The molecule has 3 atom stereocenters. The van der Waals surface area contributed by atoms with Crippen LogP contribution in [-0.2, 0) is 15.7 Å². The topological polar surface area (TPSA) is 70.1 Å². The minimum absolute atomic E-state index is 0.146. The standard InChI is InChI=1S/C19H23F3N2O4/c1-28-17(26)14-7-13(12-3-2-4-15(8-12)19(20,21)22)9-24(10-14)18(27)23-6-5-16(25)11-23/h2-4,8,13-14,16,25H,5-7,9-11H2,1H3. The maximum atomic E-state index is 13.1. The Morgan fingerprint density at radius 1 is 1.18 bits per heavy atom. The fourth-order valence-electron chi connectivity index (χ4n) is 3.92. The molecular formula is C19H23F3N2O4. The highest BCUT2D eigenvalue weighted by Crippen LogP contribution is 2.35. The Balaban J connectivity index is 1.84. The summed E-state index contributed by atoms with van der Waals surface area (Å²) < 4.78 is 44.0. The summed E-state index contributed by atoms with van der Waals surface area (Å²) >= 11 is 0. The molecule has 0 spiro atoms. The zero-order valence-electron chi connectivity index (χ0n) is 15.5. The van der Waals surface area contributed by atoms with Crippen molar-refractivity contribution in [1.82, 2.24) is 9.80 Å². The van der Waals surface area contributed by atoms with Gasteiger partial charge in [-0.15, -0.1) is 0 Å². The highest BCUT2D eigenvalue weighted by Gasteiger charge is 2.39. The van der Waals surface area contributed by atoms with Gasteiger partial charge in [-0.2, -0.15) is 13.2 Å². The molecule has 3 rings (SSSR count). The normalized spacial score (nSPS) is 25.7. The molecule has 0 aliphatic carbocycles. The van der Waals surface area contributed by atoms with Crippen molar-refractivity contribution in [1.29, 1.82) is 0 Å². The van der Waals surface area contributed by atoms with E-state index in [0.717, 1.165) is 12.1 Å². The highest BCUT2D eigenvalue weighted by molar-refractivity contribution is 5.78. The number of piperidine rings is 1. The Morgan fingerprint density at radius 3 is 2.54 bits per heavy atom. The van der Waals surface area contributed by atoms with E-state index in [9.17, 15) is 27.9 Å². The zero-order valence-corrected chi connectivity index (χ0v) is 15.5. The lowest BCUT2D eigenvalue weighted by molar-refractivity contribution is -0.147. The number of aliphatic hydroxyl groups excluding tert-OH is 1. The van der Waals surface area contributed by atoms with Crippen molar-refractivity contribution in [2.24, 2.45) is 5.92 Å². The van der Waals surface area contributed by atoms with Crippen LogP contribution in [0.2, 0.25) is 0 Å². The fourth-order valence-corrected chi connectivity index (χ4v) is 3.92. The minimum atomic E-state index is -4.46. The SMILES string of the molecule is COC(=O)C1CC(c2cccc(C(F)(F)F)c2)CN(C(=O)N2CCC(O)C2)C1. The van der Waals surface area contributed by atoms with Crippen molar-refractivity contribution in [3.8, 4) is 0 Å². The lowest BCUT2D eigenvalue weighted by Gasteiger charge is -2.38. The van der Waals surface area contributed by atoms with E-state index in [1.54, 1.807) is 6.07 Å². The molecule has 2 heterocycles. The summed E-state index contributed by atoms with van der Waals surface area (Å²) in [6, 6.07) is 4.68. The molecular weight excluding hydrogens is 377 g/mol. The van der Waals surface area contributed by atoms with Crippen molar-refractivity contribution in [3.05, 3.63) is 35.4 Å². The molecule has 3 unspecified atom stereocenters. The molecule has 1 aromatic carbocycles. The van der Waals surface area contributed by atoms with Crippen molar-refractivity contribution >= 4 is 12.0 Å². The van der Waals surface area contributed by atoms with Gasteiger partial charge in [0.05, 0.1) is 24.7 Å². The number of esters is 1. The third-order valence-electron chi connectivity index (χ3n) is 5.37. The Labute approximate surface area is 160 Å². The second-order valence-corrected chi connectivity index (χ2v) is 7.35. The van der Waals surface area contributed by atoms with Crippen molar-refractivity contribution in [2.75, 3.05) is 33.3 Å². The molecule has 2 aliphatic heterocycles. The van der Waals surface area contributed by atoms with Crippen molar-refractivity contribution < 1.29 is 32.6 Å². The first kappa shape index (κ1) is 20.4. The predicted molar refractivity (Wildman–Crippen MR) is 93.5 cm³/mol. The third kappa shape index (κ3) is 4.40. The largest absolute Gasteiger partial charge is 0.469 e. The van der Waals surface area contributed by atoms with E-state index in [1.165, 1.54) is 23.0 Å². The summed E-state index contributed by atoms with van der Waals surface area (Å²) in [4.78, 5) is 27.9. The van der Waals surface area contributed by atoms with E-state index in [1.807, 2.05) is 0 Å². The van der Waals surface area contributed by atoms with Gasteiger partial charge in [0, 0.05) is 32.1 Å². The van der Waals surface area contributed by atoms with Crippen LogP contribution in [0.4, 0.5) is 18.0 Å². The average Bonchev–Trinajstić information content (AvgIpc) is 3.12. The van der Waals surface area contributed by atoms with Crippen molar-refractivity contribution in [2.45, 2.75) is 31.0 Å². The average molecular weight is 400 g/mol. The number of hydrogen-bond acceptors (Lipinski definition) is 4. The number of ether oxygens (including phenoxy) is 1. The molecule has 1 N–H and O–H groups in total. The first-order valence-corrected chi connectivity index (χ1v) is 9.16. The van der Waals surface area contributed by atoms with Crippen LogP contribution in [0, 0.1) is 5.92 Å². The van der Waals surface area contributed by atoms with Gasteiger partial charge in [-0.3, -0.25) is 4.79 Å². The van der Waals surface area contributed by atoms with Gasteiger partial charge in [-0.05, 0) is 24.5 Å². The van der Waals surface area contributed by atoms with Gasteiger partial charge < -0.3 is 19.6 Å². The second kappa shape index (κ2) is 7.98. The monoisotopic (exact) mass is 400 g/mol. The molecule has 1 aromatic rings. The van der Waals surface area contributed by atoms with Crippen LogP contribution in [0.25, 0.3) is 0 Å². The molecule has 154 valence electrons. The van der Waals surface area contributed by atoms with Gasteiger partial charge in [0.15, 0.2) is 0 Å². The number of nitrogens with zero attached hydrogens (tertiary/aromatic N) is 2. The molecule has 28 heavy (non-hydrogen) atoms. The number of urea groups is 1. The molecule has 0 saturated carbocycles. The molecule has 0 aromatic heterocycles. The summed E-state index contributed by atoms with van der Waals surface area (Å²) in [5.74, 6) is -1.53. The van der Waals surface area contributed by atoms with Crippen LogP contribution >= 0.6 is 0 Å². The number of likely N-dealkylation sites (tertiary alicyclic amines) is 2. The van der Waals surface area contributed by atoms with E-state index in [-0.39, 0.29) is 25.7 Å². The maximum absolute atomic E-state index is 13.1. The quantitative estimate of drug-likeness (QED) is 0.775. The Bertz CT molecular complexity index is 740. The number of halogens is 3. The van der Waals surface area contributed by atoms with Crippen LogP contribution < -0.4 is 0 Å². The Kier molecular flexibility index (Phi) is 5.83. The maximum Gasteiger partial charge on any atom is 0.416 e. The summed E-state index contributed by atoms with van der Waals surface area (Å²) in [6.07, 6.45) is -4.25. The number of amides is 2. The summed E-state index contributed by atoms with van der Waals surface area (Å²) in [5, 5.41) is 9.67. The van der Waals surface area contributed by atoms with Gasteiger partial charge in [-0.25, -0.2) is 4.79 Å². The van der Waals surface area contributed by atoms with Gasteiger partial charge in [0.2, 0.25) is 0 Å².